The summed E-state index contributed by atoms with van der Waals surface area (Å²) in [5, 5.41) is 0.936. The van der Waals surface area contributed by atoms with E-state index in [1.807, 2.05) is 6.07 Å². The number of rotatable bonds is 5. The number of hydrogen-bond acceptors (Lipinski definition) is 5. The molecule has 0 atom stereocenters. The fourth-order valence-electron chi connectivity index (χ4n) is 2.73. The van der Waals surface area contributed by atoms with E-state index in [4.69, 9.17) is 4.74 Å². The van der Waals surface area contributed by atoms with Gasteiger partial charge in [0.2, 0.25) is 10.0 Å². The summed E-state index contributed by atoms with van der Waals surface area (Å²) in [6.45, 7) is 6.67. The summed E-state index contributed by atoms with van der Waals surface area (Å²) >= 11 is 1.67. The molecule has 0 unspecified atom stereocenters. The Morgan fingerprint density at radius 1 is 1.26 bits per heavy atom. The Hall–Kier alpha value is -1.09. The van der Waals surface area contributed by atoms with E-state index in [1.165, 1.54) is 4.31 Å². The Kier molecular flexibility index (Phi) is 4.96. The molecule has 8 heteroatoms. The quantitative estimate of drug-likeness (QED) is 0.769. The highest BCUT2D eigenvalue weighted by Gasteiger charge is 2.27. The van der Waals surface area contributed by atoms with Crippen molar-refractivity contribution >= 4 is 32.8 Å². The Morgan fingerprint density at radius 3 is 2.65 bits per heavy atom. The second kappa shape index (κ2) is 6.80. The van der Waals surface area contributed by atoms with Crippen LogP contribution in [-0.2, 0) is 21.3 Å². The predicted octanol–water partition coefficient (Wildman–Crippen LogP) is 2.19. The SMILES string of the molecule is CCSc1nc2cc(S(=O)(=O)N3CCOCC3)ccc2n1CC. The number of benzene rings is 1. The number of aromatic nitrogens is 2. The maximum Gasteiger partial charge on any atom is 0.243 e. The summed E-state index contributed by atoms with van der Waals surface area (Å²) in [5.74, 6) is 0.933. The molecule has 0 amide bonds. The number of imidazole rings is 1. The molecule has 0 saturated carbocycles. The van der Waals surface area contributed by atoms with Crippen LogP contribution in [0.15, 0.2) is 28.3 Å². The summed E-state index contributed by atoms with van der Waals surface area (Å²) in [5.41, 5.74) is 1.71. The van der Waals surface area contributed by atoms with Crippen LogP contribution in [-0.4, -0.2) is 54.3 Å². The number of aryl methyl sites for hydroxylation is 1. The van der Waals surface area contributed by atoms with Gasteiger partial charge in [-0.05, 0) is 30.9 Å². The van der Waals surface area contributed by atoms with E-state index < -0.39 is 10.0 Å². The van der Waals surface area contributed by atoms with Gasteiger partial charge in [-0.3, -0.25) is 0 Å². The molecule has 2 heterocycles. The molecule has 1 aliphatic rings. The third-order valence-corrected chi connectivity index (χ3v) is 6.64. The summed E-state index contributed by atoms with van der Waals surface area (Å²) in [4.78, 5) is 4.92. The summed E-state index contributed by atoms with van der Waals surface area (Å²) in [7, 11) is -3.48. The van der Waals surface area contributed by atoms with E-state index in [9.17, 15) is 8.42 Å². The van der Waals surface area contributed by atoms with Crippen LogP contribution >= 0.6 is 11.8 Å². The predicted molar refractivity (Wildman–Crippen MR) is 91.4 cm³/mol. The average Bonchev–Trinajstić information content (AvgIpc) is 2.92. The van der Waals surface area contributed by atoms with Crippen LogP contribution in [0.5, 0.6) is 0 Å². The fourth-order valence-corrected chi connectivity index (χ4v) is 4.96. The fraction of sp³-hybridized carbons (Fsp3) is 0.533. The number of nitrogens with zero attached hydrogens (tertiary/aromatic N) is 3. The lowest BCUT2D eigenvalue weighted by molar-refractivity contribution is 0.0730. The molecule has 1 fully saturated rings. The first-order chi connectivity index (χ1) is 11.1. The van der Waals surface area contributed by atoms with Gasteiger partial charge < -0.3 is 9.30 Å². The molecule has 0 bridgehead atoms. The number of thioether (sulfide) groups is 1. The normalized spacial score (nSPS) is 17.0. The zero-order valence-electron chi connectivity index (χ0n) is 13.4. The summed E-state index contributed by atoms with van der Waals surface area (Å²) < 4.78 is 34.3. The third kappa shape index (κ3) is 3.13. The second-order valence-corrected chi connectivity index (χ2v) is 8.41. The van der Waals surface area contributed by atoms with E-state index in [-0.39, 0.29) is 0 Å². The highest BCUT2D eigenvalue weighted by molar-refractivity contribution is 7.99. The first-order valence-corrected chi connectivity index (χ1v) is 10.2. The van der Waals surface area contributed by atoms with Gasteiger partial charge in [-0.2, -0.15) is 4.31 Å². The first-order valence-electron chi connectivity index (χ1n) is 7.79. The molecule has 23 heavy (non-hydrogen) atoms. The maximum atomic E-state index is 12.7. The van der Waals surface area contributed by atoms with Crippen molar-refractivity contribution in [2.24, 2.45) is 0 Å². The van der Waals surface area contributed by atoms with Crippen LogP contribution in [0.4, 0.5) is 0 Å². The minimum absolute atomic E-state index is 0.306. The molecule has 0 spiro atoms. The van der Waals surface area contributed by atoms with Crippen molar-refractivity contribution in [2.45, 2.75) is 30.4 Å². The number of sulfonamides is 1. The van der Waals surface area contributed by atoms with E-state index in [2.05, 4.69) is 23.4 Å². The maximum absolute atomic E-state index is 12.7. The lowest BCUT2D eigenvalue weighted by Gasteiger charge is -2.26. The van der Waals surface area contributed by atoms with Crippen LogP contribution in [0.2, 0.25) is 0 Å². The number of ether oxygens (including phenoxy) is 1. The zero-order valence-corrected chi connectivity index (χ0v) is 15.0. The number of morpholine rings is 1. The van der Waals surface area contributed by atoms with Gasteiger partial charge in [0.15, 0.2) is 5.16 Å². The third-order valence-electron chi connectivity index (χ3n) is 3.88. The minimum Gasteiger partial charge on any atom is -0.379 e. The minimum atomic E-state index is -3.48. The molecule has 0 radical (unpaired) electrons. The Labute approximate surface area is 140 Å². The smallest absolute Gasteiger partial charge is 0.243 e. The van der Waals surface area contributed by atoms with Crippen molar-refractivity contribution in [1.82, 2.24) is 13.9 Å². The van der Waals surface area contributed by atoms with Crippen molar-refractivity contribution in [3.63, 3.8) is 0 Å². The molecule has 1 aromatic carbocycles. The van der Waals surface area contributed by atoms with Gasteiger partial charge in [0.05, 0.1) is 29.1 Å². The van der Waals surface area contributed by atoms with Gasteiger partial charge in [-0.25, -0.2) is 13.4 Å². The van der Waals surface area contributed by atoms with Crippen LogP contribution in [0.1, 0.15) is 13.8 Å². The summed E-state index contributed by atoms with van der Waals surface area (Å²) in [6.07, 6.45) is 0. The van der Waals surface area contributed by atoms with Gasteiger partial charge in [0.1, 0.15) is 0 Å². The standard InChI is InChI=1S/C15H21N3O3S2/c1-3-18-14-6-5-12(11-13(14)16-15(18)22-4-2)23(19,20)17-7-9-21-10-8-17/h5-6,11H,3-4,7-10H2,1-2H3. The van der Waals surface area contributed by atoms with E-state index in [1.54, 1.807) is 23.9 Å². The van der Waals surface area contributed by atoms with Crippen molar-refractivity contribution in [1.29, 1.82) is 0 Å². The van der Waals surface area contributed by atoms with Crippen LogP contribution < -0.4 is 0 Å². The molecule has 0 N–H and O–H groups in total. The topological polar surface area (TPSA) is 64.4 Å². The van der Waals surface area contributed by atoms with Crippen molar-refractivity contribution in [3.05, 3.63) is 18.2 Å². The summed E-state index contributed by atoms with van der Waals surface area (Å²) in [6, 6.07) is 5.23. The zero-order chi connectivity index (χ0) is 16.4. The largest absolute Gasteiger partial charge is 0.379 e. The van der Waals surface area contributed by atoms with Gasteiger partial charge in [0.25, 0.3) is 0 Å². The molecule has 2 aromatic rings. The van der Waals surface area contributed by atoms with Gasteiger partial charge in [-0.15, -0.1) is 0 Å². The van der Waals surface area contributed by atoms with Crippen molar-refractivity contribution in [3.8, 4) is 0 Å². The van der Waals surface area contributed by atoms with E-state index >= 15 is 0 Å². The Morgan fingerprint density at radius 2 is 2.00 bits per heavy atom. The monoisotopic (exact) mass is 355 g/mol. The van der Waals surface area contributed by atoms with Crippen LogP contribution in [0.25, 0.3) is 11.0 Å². The van der Waals surface area contributed by atoms with Crippen LogP contribution in [0, 0.1) is 0 Å². The van der Waals surface area contributed by atoms with Crippen molar-refractivity contribution in [2.75, 3.05) is 32.1 Å². The molecular formula is C15H21N3O3S2. The highest BCUT2D eigenvalue weighted by Crippen LogP contribution is 2.27. The molecule has 1 saturated heterocycles. The van der Waals surface area contributed by atoms with Gasteiger partial charge >= 0.3 is 0 Å². The number of fused-ring (bicyclic) bond motifs is 1. The molecule has 6 nitrogen and oxygen atoms in total. The molecule has 1 aromatic heterocycles. The molecule has 126 valence electrons. The lowest BCUT2D eigenvalue weighted by Crippen LogP contribution is -2.40. The highest BCUT2D eigenvalue weighted by atomic mass is 32.2. The van der Waals surface area contributed by atoms with Gasteiger partial charge in [0, 0.05) is 19.6 Å². The first kappa shape index (κ1) is 16.8. The number of hydrogen-bond donors (Lipinski definition) is 0. The molecule has 0 aliphatic carbocycles. The lowest BCUT2D eigenvalue weighted by atomic mass is 10.3. The van der Waals surface area contributed by atoms with Crippen molar-refractivity contribution < 1.29 is 13.2 Å². The molecule has 1 aliphatic heterocycles. The Bertz CT molecular complexity index is 796. The van der Waals surface area contributed by atoms with Crippen LogP contribution in [0.3, 0.4) is 0 Å². The average molecular weight is 355 g/mol. The Balaban J connectivity index is 2.02. The van der Waals surface area contributed by atoms with Gasteiger partial charge in [-0.1, -0.05) is 18.7 Å². The van der Waals surface area contributed by atoms with E-state index in [0.717, 1.165) is 28.5 Å². The molecular weight excluding hydrogens is 334 g/mol. The molecule has 3 rings (SSSR count). The second-order valence-electron chi connectivity index (χ2n) is 5.24. The van der Waals surface area contributed by atoms with E-state index in [0.29, 0.717) is 31.2 Å².